The summed E-state index contributed by atoms with van der Waals surface area (Å²) in [5.74, 6) is 2.97. The van der Waals surface area contributed by atoms with Gasteiger partial charge in [-0.25, -0.2) is 0 Å². The summed E-state index contributed by atoms with van der Waals surface area (Å²) < 4.78 is 0. The van der Waals surface area contributed by atoms with E-state index in [4.69, 9.17) is 0 Å². The average Bonchev–Trinajstić information content (AvgIpc) is 3.05. The number of likely N-dealkylation sites (tertiary alicyclic amines) is 1. The van der Waals surface area contributed by atoms with Crippen molar-refractivity contribution in [2.45, 2.75) is 38.4 Å². The standard InChI is InChI=1S/C19H29N3OS.ClH/c1-15(21-19(23)11-18-14-24-10-8-20-18)17-7-9-22(13-17)12-16-5-3-2-4-6-16;/h2-6,15,17-18,20H,7-14H2,1H3,(H,21,23);1H. The number of halogens is 1. The first kappa shape index (κ1) is 20.6. The first-order valence-electron chi connectivity index (χ1n) is 9.07. The smallest absolute Gasteiger partial charge is 0.221 e. The van der Waals surface area contributed by atoms with Crippen LogP contribution < -0.4 is 10.6 Å². The van der Waals surface area contributed by atoms with E-state index in [0.29, 0.717) is 18.4 Å². The van der Waals surface area contributed by atoms with Crippen LogP contribution in [-0.2, 0) is 11.3 Å². The molecule has 1 aromatic rings. The van der Waals surface area contributed by atoms with Crippen LogP contribution in [0.15, 0.2) is 30.3 Å². The second-order valence-corrected chi connectivity index (χ2v) is 8.21. The summed E-state index contributed by atoms with van der Waals surface area (Å²) in [7, 11) is 0. The number of rotatable bonds is 6. The molecule has 2 aliphatic heterocycles. The molecule has 2 heterocycles. The second-order valence-electron chi connectivity index (χ2n) is 7.06. The Bertz CT molecular complexity index is 525. The van der Waals surface area contributed by atoms with Crippen LogP contribution in [0, 0.1) is 5.92 Å². The van der Waals surface area contributed by atoms with Gasteiger partial charge in [-0.3, -0.25) is 9.69 Å². The highest BCUT2D eigenvalue weighted by atomic mass is 35.5. The molecule has 25 heavy (non-hydrogen) atoms. The minimum absolute atomic E-state index is 0. The number of hydrogen-bond acceptors (Lipinski definition) is 4. The zero-order chi connectivity index (χ0) is 16.8. The molecule has 2 saturated heterocycles. The monoisotopic (exact) mass is 383 g/mol. The molecular formula is C19H30ClN3OS. The summed E-state index contributed by atoms with van der Waals surface area (Å²) >= 11 is 1.94. The van der Waals surface area contributed by atoms with Gasteiger partial charge in [-0.15, -0.1) is 12.4 Å². The van der Waals surface area contributed by atoms with Crippen molar-refractivity contribution in [1.82, 2.24) is 15.5 Å². The summed E-state index contributed by atoms with van der Waals surface area (Å²) in [5.41, 5.74) is 1.37. The number of carbonyl (C=O) groups is 1. The Kier molecular flexibility index (Phi) is 8.56. The number of hydrogen-bond donors (Lipinski definition) is 2. The lowest BCUT2D eigenvalue weighted by Crippen LogP contribution is -2.45. The zero-order valence-electron chi connectivity index (χ0n) is 14.9. The number of nitrogens with zero attached hydrogens (tertiary/aromatic N) is 1. The third-order valence-electron chi connectivity index (χ3n) is 5.08. The van der Waals surface area contributed by atoms with Crippen LogP contribution in [0.25, 0.3) is 0 Å². The van der Waals surface area contributed by atoms with Gasteiger partial charge in [0.1, 0.15) is 0 Å². The van der Waals surface area contributed by atoms with Gasteiger partial charge in [0.2, 0.25) is 5.91 Å². The van der Waals surface area contributed by atoms with Crippen molar-refractivity contribution >= 4 is 30.1 Å². The third-order valence-corrected chi connectivity index (χ3v) is 6.21. The molecular weight excluding hydrogens is 354 g/mol. The lowest BCUT2D eigenvalue weighted by atomic mass is 10.0. The number of thioether (sulfide) groups is 1. The van der Waals surface area contributed by atoms with Crippen molar-refractivity contribution in [1.29, 1.82) is 0 Å². The molecule has 0 bridgehead atoms. The molecule has 6 heteroatoms. The Labute approximate surface area is 161 Å². The minimum Gasteiger partial charge on any atom is -0.353 e. The van der Waals surface area contributed by atoms with Crippen molar-refractivity contribution in [2.24, 2.45) is 5.92 Å². The van der Waals surface area contributed by atoms with Crippen LogP contribution in [0.1, 0.15) is 25.3 Å². The first-order chi connectivity index (χ1) is 11.7. The summed E-state index contributed by atoms with van der Waals surface area (Å²) in [4.78, 5) is 14.8. The summed E-state index contributed by atoms with van der Waals surface area (Å²) in [5, 5.41) is 6.68. The Morgan fingerprint density at radius 1 is 1.40 bits per heavy atom. The molecule has 1 amide bonds. The Morgan fingerprint density at radius 3 is 2.92 bits per heavy atom. The van der Waals surface area contributed by atoms with Crippen molar-refractivity contribution < 1.29 is 4.79 Å². The van der Waals surface area contributed by atoms with Crippen LogP contribution in [0.5, 0.6) is 0 Å². The highest BCUT2D eigenvalue weighted by Gasteiger charge is 2.28. The Morgan fingerprint density at radius 2 is 2.20 bits per heavy atom. The maximum absolute atomic E-state index is 12.3. The number of nitrogens with one attached hydrogen (secondary N) is 2. The Hall–Kier alpha value is -0.750. The van der Waals surface area contributed by atoms with Crippen molar-refractivity contribution in [3.63, 3.8) is 0 Å². The molecule has 3 atom stereocenters. The van der Waals surface area contributed by atoms with Crippen LogP contribution in [0.2, 0.25) is 0 Å². The van der Waals surface area contributed by atoms with E-state index in [9.17, 15) is 4.79 Å². The molecule has 0 aliphatic carbocycles. The molecule has 140 valence electrons. The van der Waals surface area contributed by atoms with Gasteiger partial charge in [0.15, 0.2) is 0 Å². The largest absolute Gasteiger partial charge is 0.353 e. The van der Waals surface area contributed by atoms with E-state index in [1.807, 2.05) is 11.8 Å². The van der Waals surface area contributed by atoms with Gasteiger partial charge in [-0.05, 0) is 31.4 Å². The summed E-state index contributed by atoms with van der Waals surface area (Å²) in [6.07, 6.45) is 1.78. The lowest BCUT2D eigenvalue weighted by Gasteiger charge is -2.25. The highest BCUT2D eigenvalue weighted by molar-refractivity contribution is 7.99. The molecule has 0 saturated carbocycles. The van der Waals surface area contributed by atoms with E-state index in [1.165, 1.54) is 12.0 Å². The fraction of sp³-hybridized carbons (Fsp3) is 0.632. The Balaban J connectivity index is 0.00000225. The predicted molar refractivity (Wildman–Crippen MR) is 108 cm³/mol. The van der Waals surface area contributed by atoms with Crippen LogP contribution in [-0.4, -0.2) is 54.0 Å². The number of benzene rings is 1. The first-order valence-corrected chi connectivity index (χ1v) is 10.2. The van der Waals surface area contributed by atoms with Gasteiger partial charge in [0, 0.05) is 49.6 Å². The van der Waals surface area contributed by atoms with Crippen LogP contribution >= 0.6 is 24.2 Å². The van der Waals surface area contributed by atoms with E-state index in [-0.39, 0.29) is 24.4 Å². The number of carbonyl (C=O) groups excluding carboxylic acids is 1. The molecule has 1 aromatic carbocycles. The van der Waals surface area contributed by atoms with Gasteiger partial charge >= 0.3 is 0 Å². The molecule has 0 radical (unpaired) electrons. The molecule has 2 fully saturated rings. The molecule has 3 unspecified atom stereocenters. The fourth-order valence-corrected chi connectivity index (χ4v) is 4.61. The van der Waals surface area contributed by atoms with Crippen LogP contribution in [0.4, 0.5) is 0 Å². The van der Waals surface area contributed by atoms with E-state index in [2.05, 4.69) is 52.8 Å². The third kappa shape index (κ3) is 6.48. The summed E-state index contributed by atoms with van der Waals surface area (Å²) in [6.45, 7) is 6.41. The maximum Gasteiger partial charge on any atom is 0.221 e. The van der Waals surface area contributed by atoms with E-state index in [1.54, 1.807) is 0 Å². The van der Waals surface area contributed by atoms with Gasteiger partial charge < -0.3 is 10.6 Å². The topological polar surface area (TPSA) is 44.4 Å². The molecule has 0 aromatic heterocycles. The highest BCUT2D eigenvalue weighted by Crippen LogP contribution is 2.22. The SMILES string of the molecule is CC(NC(=O)CC1CSCCN1)C1CCN(Cc2ccccc2)C1.Cl. The molecule has 2 N–H and O–H groups in total. The predicted octanol–water partition coefficient (Wildman–Crippen LogP) is 2.53. The molecule has 0 spiro atoms. The minimum atomic E-state index is 0. The van der Waals surface area contributed by atoms with E-state index < -0.39 is 0 Å². The molecule has 3 rings (SSSR count). The zero-order valence-corrected chi connectivity index (χ0v) is 16.6. The van der Waals surface area contributed by atoms with Crippen molar-refractivity contribution in [3.8, 4) is 0 Å². The molecule has 2 aliphatic rings. The summed E-state index contributed by atoms with van der Waals surface area (Å²) in [6, 6.07) is 11.2. The molecule has 4 nitrogen and oxygen atoms in total. The van der Waals surface area contributed by atoms with E-state index in [0.717, 1.165) is 37.7 Å². The van der Waals surface area contributed by atoms with Crippen molar-refractivity contribution in [3.05, 3.63) is 35.9 Å². The van der Waals surface area contributed by atoms with Gasteiger partial charge in [-0.2, -0.15) is 11.8 Å². The number of amides is 1. The van der Waals surface area contributed by atoms with Gasteiger partial charge in [0.05, 0.1) is 0 Å². The fourth-order valence-electron chi connectivity index (χ4n) is 3.66. The normalized spacial score (nSPS) is 25.2. The lowest BCUT2D eigenvalue weighted by molar-refractivity contribution is -0.122. The van der Waals surface area contributed by atoms with Crippen LogP contribution in [0.3, 0.4) is 0 Å². The van der Waals surface area contributed by atoms with Gasteiger partial charge in [0.25, 0.3) is 0 Å². The second kappa shape index (κ2) is 10.4. The quantitative estimate of drug-likeness (QED) is 0.792. The van der Waals surface area contributed by atoms with Crippen molar-refractivity contribution in [2.75, 3.05) is 31.1 Å². The average molecular weight is 384 g/mol. The van der Waals surface area contributed by atoms with Gasteiger partial charge in [-0.1, -0.05) is 30.3 Å². The maximum atomic E-state index is 12.3. The van der Waals surface area contributed by atoms with E-state index >= 15 is 0 Å².